The molecule has 0 saturated carbocycles. The molecule has 4 nitrogen and oxygen atoms in total. The van der Waals surface area contributed by atoms with E-state index in [0.29, 0.717) is 12.1 Å². The second-order valence-electron chi connectivity index (χ2n) is 2.97. The second-order valence-corrected chi connectivity index (χ2v) is 2.97. The molecule has 1 aromatic rings. The molecule has 1 atom stereocenters. The SMILES string of the molecule is CCCC(OC)C(=O)c1cnccn1. The molecule has 1 rings (SSSR count). The fourth-order valence-corrected chi connectivity index (χ4v) is 1.21. The first-order valence-electron chi connectivity index (χ1n) is 4.62. The van der Waals surface area contributed by atoms with E-state index in [1.807, 2.05) is 6.92 Å². The van der Waals surface area contributed by atoms with E-state index >= 15 is 0 Å². The fourth-order valence-electron chi connectivity index (χ4n) is 1.21. The van der Waals surface area contributed by atoms with Crippen LogP contribution >= 0.6 is 0 Å². The van der Waals surface area contributed by atoms with Gasteiger partial charge in [-0.15, -0.1) is 0 Å². The van der Waals surface area contributed by atoms with Crippen LogP contribution in [0.1, 0.15) is 30.3 Å². The normalized spacial score (nSPS) is 12.4. The second kappa shape index (κ2) is 5.44. The van der Waals surface area contributed by atoms with Gasteiger partial charge in [0.15, 0.2) is 0 Å². The maximum absolute atomic E-state index is 11.7. The molecule has 0 aliphatic carbocycles. The van der Waals surface area contributed by atoms with Gasteiger partial charge in [0.25, 0.3) is 0 Å². The van der Waals surface area contributed by atoms with Crippen LogP contribution in [0.2, 0.25) is 0 Å². The number of nitrogens with zero attached hydrogens (tertiary/aromatic N) is 2. The third-order valence-electron chi connectivity index (χ3n) is 1.94. The number of aromatic nitrogens is 2. The van der Waals surface area contributed by atoms with Crippen molar-refractivity contribution in [3.05, 3.63) is 24.3 Å². The molecular weight excluding hydrogens is 180 g/mol. The number of hydrogen-bond donors (Lipinski definition) is 0. The Morgan fingerprint density at radius 3 is 2.86 bits per heavy atom. The first-order chi connectivity index (χ1) is 6.79. The molecule has 1 unspecified atom stereocenters. The van der Waals surface area contributed by atoms with Crippen LogP contribution in [0.15, 0.2) is 18.6 Å². The first-order valence-corrected chi connectivity index (χ1v) is 4.62. The molecule has 0 saturated heterocycles. The quantitative estimate of drug-likeness (QED) is 0.666. The van der Waals surface area contributed by atoms with Crippen LogP contribution < -0.4 is 0 Å². The highest BCUT2D eigenvalue weighted by molar-refractivity contribution is 5.97. The van der Waals surface area contributed by atoms with Crippen molar-refractivity contribution in [1.29, 1.82) is 0 Å². The predicted octanol–water partition coefficient (Wildman–Crippen LogP) is 1.47. The fraction of sp³-hybridized carbons (Fsp3) is 0.500. The standard InChI is InChI=1S/C10H14N2O2/c1-3-4-9(14-2)10(13)8-7-11-5-6-12-8/h5-7,9H,3-4H2,1-2H3. The molecular formula is C10H14N2O2. The van der Waals surface area contributed by atoms with Gasteiger partial charge >= 0.3 is 0 Å². The zero-order valence-corrected chi connectivity index (χ0v) is 8.43. The summed E-state index contributed by atoms with van der Waals surface area (Å²) >= 11 is 0. The summed E-state index contributed by atoms with van der Waals surface area (Å²) in [6.07, 6.45) is 5.74. The Balaban J connectivity index is 2.73. The van der Waals surface area contributed by atoms with Crippen LogP contribution in [0.3, 0.4) is 0 Å². The van der Waals surface area contributed by atoms with Gasteiger partial charge in [0.2, 0.25) is 5.78 Å². The molecule has 0 aliphatic rings. The molecule has 14 heavy (non-hydrogen) atoms. The van der Waals surface area contributed by atoms with Crippen LogP contribution in [-0.4, -0.2) is 29.0 Å². The number of carbonyl (C=O) groups is 1. The summed E-state index contributed by atoms with van der Waals surface area (Å²) < 4.78 is 5.09. The van der Waals surface area contributed by atoms with Gasteiger partial charge in [0, 0.05) is 19.5 Å². The molecule has 0 bridgehead atoms. The van der Waals surface area contributed by atoms with Gasteiger partial charge in [-0.25, -0.2) is 4.98 Å². The highest BCUT2D eigenvalue weighted by Gasteiger charge is 2.19. The lowest BCUT2D eigenvalue weighted by atomic mass is 10.1. The maximum atomic E-state index is 11.7. The first kappa shape index (κ1) is 10.8. The summed E-state index contributed by atoms with van der Waals surface area (Å²) in [6.45, 7) is 2.01. The summed E-state index contributed by atoms with van der Waals surface area (Å²) in [5.74, 6) is -0.0950. The van der Waals surface area contributed by atoms with Crippen molar-refractivity contribution in [2.24, 2.45) is 0 Å². The average Bonchev–Trinajstić information content (AvgIpc) is 2.26. The van der Waals surface area contributed by atoms with E-state index in [-0.39, 0.29) is 5.78 Å². The van der Waals surface area contributed by atoms with E-state index in [1.165, 1.54) is 19.5 Å². The van der Waals surface area contributed by atoms with E-state index in [9.17, 15) is 4.79 Å². The molecule has 0 fully saturated rings. The number of methoxy groups -OCH3 is 1. The third kappa shape index (κ3) is 2.60. The minimum atomic E-state index is -0.392. The molecule has 0 spiro atoms. The lowest BCUT2D eigenvalue weighted by Crippen LogP contribution is -2.23. The van der Waals surface area contributed by atoms with E-state index < -0.39 is 6.10 Å². The lowest BCUT2D eigenvalue weighted by Gasteiger charge is -2.11. The summed E-state index contributed by atoms with van der Waals surface area (Å²) in [4.78, 5) is 19.5. The highest BCUT2D eigenvalue weighted by atomic mass is 16.5. The van der Waals surface area contributed by atoms with Crippen molar-refractivity contribution in [2.75, 3.05) is 7.11 Å². The van der Waals surface area contributed by atoms with Gasteiger partial charge in [-0.1, -0.05) is 13.3 Å². The largest absolute Gasteiger partial charge is 0.373 e. The minimum Gasteiger partial charge on any atom is -0.373 e. The lowest BCUT2D eigenvalue weighted by molar-refractivity contribution is 0.0573. The van der Waals surface area contributed by atoms with Crippen molar-refractivity contribution in [2.45, 2.75) is 25.9 Å². The van der Waals surface area contributed by atoms with Gasteiger partial charge in [0.05, 0.1) is 6.20 Å². The smallest absolute Gasteiger partial charge is 0.211 e. The van der Waals surface area contributed by atoms with Gasteiger partial charge in [-0.3, -0.25) is 9.78 Å². The van der Waals surface area contributed by atoms with Crippen LogP contribution in [0.4, 0.5) is 0 Å². The zero-order valence-electron chi connectivity index (χ0n) is 8.43. The van der Waals surface area contributed by atoms with E-state index in [1.54, 1.807) is 6.20 Å². The molecule has 0 aromatic carbocycles. The molecule has 0 aliphatic heterocycles. The molecule has 76 valence electrons. The van der Waals surface area contributed by atoms with Crippen LogP contribution in [0.25, 0.3) is 0 Å². The van der Waals surface area contributed by atoms with Crippen molar-refractivity contribution in [3.8, 4) is 0 Å². The molecule has 4 heteroatoms. The highest BCUT2D eigenvalue weighted by Crippen LogP contribution is 2.07. The summed E-state index contributed by atoms with van der Waals surface area (Å²) in [6, 6.07) is 0. The number of ketones is 1. The van der Waals surface area contributed by atoms with Gasteiger partial charge < -0.3 is 4.74 Å². The molecule has 0 radical (unpaired) electrons. The Morgan fingerprint density at radius 2 is 2.36 bits per heavy atom. The Labute approximate surface area is 83.3 Å². The van der Waals surface area contributed by atoms with Gasteiger partial charge in [-0.05, 0) is 6.42 Å². The molecule has 0 amide bonds. The van der Waals surface area contributed by atoms with Crippen molar-refractivity contribution in [1.82, 2.24) is 9.97 Å². The summed E-state index contributed by atoms with van der Waals surface area (Å²) in [5, 5.41) is 0. The number of rotatable bonds is 5. The van der Waals surface area contributed by atoms with Gasteiger partial charge in [-0.2, -0.15) is 0 Å². The molecule has 1 heterocycles. The number of hydrogen-bond acceptors (Lipinski definition) is 4. The number of Topliss-reactive ketones (excluding diaryl/α,β-unsaturated/α-hetero) is 1. The Morgan fingerprint density at radius 1 is 1.57 bits per heavy atom. The average molecular weight is 194 g/mol. The maximum Gasteiger partial charge on any atom is 0.211 e. The van der Waals surface area contributed by atoms with E-state index in [0.717, 1.165) is 6.42 Å². The van der Waals surface area contributed by atoms with Crippen LogP contribution in [0.5, 0.6) is 0 Å². The number of ether oxygens (including phenoxy) is 1. The Kier molecular flexibility index (Phi) is 4.19. The zero-order chi connectivity index (χ0) is 10.4. The Bertz CT molecular complexity index is 287. The monoisotopic (exact) mass is 194 g/mol. The predicted molar refractivity (Wildman–Crippen MR) is 52.1 cm³/mol. The Hall–Kier alpha value is -1.29. The van der Waals surface area contributed by atoms with E-state index in [4.69, 9.17) is 4.74 Å². The summed E-state index contributed by atoms with van der Waals surface area (Å²) in [7, 11) is 1.54. The summed E-state index contributed by atoms with van der Waals surface area (Å²) in [5.41, 5.74) is 0.368. The molecule has 1 aromatic heterocycles. The van der Waals surface area contributed by atoms with Crippen LogP contribution in [0, 0.1) is 0 Å². The van der Waals surface area contributed by atoms with Crippen molar-refractivity contribution in [3.63, 3.8) is 0 Å². The minimum absolute atomic E-state index is 0.0950. The third-order valence-corrected chi connectivity index (χ3v) is 1.94. The van der Waals surface area contributed by atoms with E-state index in [2.05, 4.69) is 9.97 Å². The van der Waals surface area contributed by atoms with Crippen molar-refractivity contribution >= 4 is 5.78 Å². The molecule has 0 N–H and O–H groups in total. The topological polar surface area (TPSA) is 52.1 Å². The van der Waals surface area contributed by atoms with Crippen molar-refractivity contribution < 1.29 is 9.53 Å². The van der Waals surface area contributed by atoms with Gasteiger partial charge in [0.1, 0.15) is 11.8 Å². The van der Waals surface area contributed by atoms with Crippen LogP contribution in [-0.2, 0) is 4.74 Å². The number of carbonyl (C=O) groups excluding carboxylic acids is 1.